The van der Waals surface area contributed by atoms with Crippen LogP contribution >= 0.6 is 0 Å². The first-order valence-corrected chi connectivity index (χ1v) is 6.17. The molecule has 0 aromatic heterocycles. The molecule has 1 atom stereocenters. The van der Waals surface area contributed by atoms with Gasteiger partial charge in [-0.1, -0.05) is 6.07 Å². The van der Waals surface area contributed by atoms with Gasteiger partial charge in [0, 0.05) is 13.5 Å². The van der Waals surface area contributed by atoms with Crippen LogP contribution < -0.4 is 16.8 Å². The summed E-state index contributed by atoms with van der Waals surface area (Å²) in [5.74, 6) is -1.15. The molecule has 20 heavy (non-hydrogen) atoms. The number of likely N-dealkylation sites (N-methyl/N-ethyl adjacent to an activating group) is 1. The van der Waals surface area contributed by atoms with E-state index < -0.39 is 11.9 Å². The predicted octanol–water partition coefficient (Wildman–Crippen LogP) is -0.0730. The number of anilines is 2. The van der Waals surface area contributed by atoms with Gasteiger partial charge in [0.1, 0.15) is 6.04 Å². The van der Waals surface area contributed by atoms with Crippen molar-refractivity contribution in [2.24, 2.45) is 5.73 Å². The molecule has 1 fully saturated rings. The fourth-order valence-corrected chi connectivity index (χ4v) is 2.14. The van der Waals surface area contributed by atoms with Crippen LogP contribution in [0.4, 0.5) is 11.4 Å². The summed E-state index contributed by atoms with van der Waals surface area (Å²) in [5, 5.41) is 2.97. The Balaban J connectivity index is 2.23. The molecule has 1 aliphatic rings. The van der Waals surface area contributed by atoms with E-state index in [1.54, 1.807) is 12.1 Å². The molecule has 7 nitrogen and oxygen atoms in total. The lowest BCUT2D eigenvalue weighted by Crippen LogP contribution is -2.48. The van der Waals surface area contributed by atoms with Crippen LogP contribution in [0.5, 0.6) is 0 Å². The van der Waals surface area contributed by atoms with Crippen LogP contribution in [-0.4, -0.2) is 35.7 Å². The second-order valence-corrected chi connectivity index (χ2v) is 4.66. The Hall–Kier alpha value is -2.57. The molecule has 1 unspecified atom stereocenters. The van der Waals surface area contributed by atoms with Crippen molar-refractivity contribution in [1.29, 1.82) is 0 Å². The van der Waals surface area contributed by atoms with Crippen LogP contribution in [0.15, 0.2) is 18.2 Å². The highest BCUT2D eigenvalue weighted by Gasteiger charge is 2.32. The first-order chi connectivity index (χ1) is 9.41. The number of imide groups is 1. The molecule has 0 bridgehead atoms. The number of primary amides is 1. The van der Waals surface area contributed by atoms with Crippen LogP contribution in [0, 0.1) is 0 Å². The average Bonchev–Trinajstić information content (AvgIpc) is 2.41. The largest absolute Gasteiger partial charge is 0.396 e. The van der Waals surface area contributed by atoms with Crippen LogP contribution in [0.3, 0.4) is 0 Å². The minimum Gasteiger partial charge on any atom is -0.396 e. The molecular weight excluding hydrogens is 260 g/mol. The molecule has 5 N–H and O–H groups in total. The molecule has 3 amide bonds. The molecule has 1 aliphatic heterocycles. The highest BCUT2D eigenvalue weighted by Crippen LogP contribution is 2.25. The smallest absolute Gasteiger partial charge is 0.251 e. The molecule has 0 saturated carbocycles. The molecule has 1 aromatic carbocycles. The zero-order valence-corrected chi connectivity index (χ0v) is 11.1. The molecule has 0 aliphatic carbocycles. The molecule has 0 spiro atoms. The van der Waals surface area contributed by atoms with Gasteiger partial charge in [-0.25, -0.2) is 0 Å². The van der Waals surface area contributed by atoms with E-state index in [1.807, 2.05) is 0 Å². The number of nitrogens with one attached hydrogen (secondary N) is 1. The Morgan fingerprint density at radius 1 is 1.40 bits per heavy atom. The number of benzene rings is 1. The Morgan fingerprint density at radius 2 is 2.10 bits per heavy atom. The fraction of sp³-hybridized carbons (Fsp3) is 0.308. The number of para-hydroxylation sites is 1. The van der Waals surface area contributed by atoms with Crippen molar-refractivity contribution < 1.29 is 14.4 Å². The first kappa shape index (κ1) is 13.9. The normalized spacial score (nSPS) is 19.1. The number of likely N-dealkylation sites (tertiary alicyclic amines) is 1. The van der Waals surface area contributed by atoms with E-state index in [-0.39, 0.29) is 29.5 Å². The second-order valence-electron chi connectivity index (χ2n) is 4.66. The Kier molecular flexibility index (Phi) is 3.60. The van der Waals surface area contributed by atoms with Crippen molar-refractivity contribution in [3.63, 3.8) is 0 Å². The monoisotopic (exact) mass is 276 g/mol. The van der Waals surface area contributed by atoms with E-state index >= 15 is 0 Å². The van der Waals surface area contributed by atoms with E-state index in [4.69, 9.17) is 11.5 Å². The third-order valence-corrected chi connectivity index (χ3v) is 3.35. The van der Waals surface area contributed by atoms with Gasteiger partial charge >= 0.3 is 0 Å². The van der Waals surface area contributed by atoms with Gasteiger partial charge in [0.05, 0.1) is 16.9 Å². The molecule has 106 valence electrons. The average molecular weight is 276 g/mol. The summed E-state index contributed by atoms with van der Waals surface area (Å²) in [6.07, 6.45) is 0.678. The lowest BCUT2D eigenvalue weighted by molar-refractivity contribution is -0.146. The second kappa shape index (κ2) is 5.20. The number of rotatable bonds is 3. The molecule has 1 aromatic rings. The number of piperidine rings is 1. The van der Waals surface area contributed by atoms with Crippen molar-refractivity contribution in [3.05, 3.63) is 23.8 Å². The van der Waals surface area contributed by atoms with Gasteiger partial charge in [-0.2, -0.15) is 0 Å². The minimum absolute atomic E-state index is 0.197. The van der Waals surface area contributed by atoms with E-state index in [2.05, 4.69) is 5.32 Å². The van der Waals surface area contributed by atoms with Crippen molar-refractivity contribution in [3.8, 4) is 0 Å². The van der Waals surface area contributed by atoms with Gasteiger partial charge < -0.3 is 16.8 Å². The minimum atomic E-state index is -0.631. The summed E-state index contributed by atoms with van der Waals surface area (Å²) in [7, 11) is 1.45. The summed E-state index contributed by atoms with van der Waals surface area (Å²) in [6, 6.07) is 4.26. The maximum absolute atomic E-state index is 12.0. The molecule has 1 heterocycles. The highest BCUT2D eigenvalue weighted by molar-refractivity contribution is 6.03. The summed E-state index contributed by atoms with van der Waals surface area (Å²) >= 11 is 0. The fourth-order valence-electron chi connectivity index (χ4n) is 2.14. The van der Waals surface area contributed by atoms with Gasteiger partial charge in [0.25, 0.3) is 11.8 Å². The van der Waals surface area contributed by atoms with Gasteiger partial charge in [-0.05, 0) is 18.6 Å². The molecular formula is C13H16N4O3. The van der Waals surface area contributed by atoms with Crippen LogP contribution in [0.25, 0.3) is 0 Å². The van der Waals surface area contributed by atoms with Gasteiger partial charge in [-0.15, -0.1) is 0 Å². The maximum Gasteiger partial charge on any atom is 0.251 e. The summed E-state index contributed by atoms with van der Waals surface area (Å²) in [4.78, 5) is 35.7. The third-order valence-electron chi connectivity index (χ3n) is 3.35. The number of nitrogens with zero attached hydrogens (tertiary/aromatic N) is 1. The van der Waals surface area contributed by atoms with Crippen molar-refractivity contribution in [1.82, 2.24) is 4.90 Å². The van der Waals surface area contributed by atoms with E-state index in [9.17, 15) is 14.4 Å². The quantitative estimate of drug-likeness (QED) is 0.527. The van der Waals surface area contributed by atoms with E-state index in [1.165, 1.54) is 13.1 Å². The first-order valence-electron chi connectivity index (χ1n) is 6.17. The van der Waals surface area contributed by atoms with Gasteiger partial charge in [0.2, 0.25) is 5.91 Å². The summed E-state index contributed by atoms with van der Waals surface area (Å²) < 4.78 is 0. The van der Waals surface area contributed by atoms with E-state index in [0.717, 1.165) is 4.90 Å². The van der Waals surface area contributed by atoms with Gasteiger partial charge in [0.15, 0.2) is 0 Å². The SMILES string of the molecule is CN1C(=O)CCC(Nc2cccc(C(N)=O)c2N)C1=O. The van der Waals surface area contributed by atoms with Crippen LogP contribution in [0.1, 0.15) is 23.2 Å². The number of hydrogen-bond acceptors (Lipinski definition) is 5. The third kappa shape index (κ3) is 2.42. The zero-order chi connectivity index (χ0) is 14.9. The topological polar surface area (TPSA) is 119 Å². The van der Waals surface area contributed by atoms with Gasteiger partial charge in [-0.3, -0.25) is 19.3 Å². The Bertz CT molecular complexity index is 585. The number of amides is 3. The zero-order valence-electron chi connectivity index (χ0n) is 11.1. The molecule has 2 rings (SSSR count). The number of carbonyl (C=O) groups excluding carboxylic acids is 3. The summed E-state index contributed by atoms with van der Waals surface area (Å²) in [5.41, 5.74) is 11.9. The number of hydrogen-bond donors (Lipinski definition) is 3. The number of nitrogens with two attached hydrogens (primary N) is 2. The van der Waals surface area contributed by atoms with Crippen molar-refractivity contribution in [2.45, 2.75) is 18.9 Å². The lowest BCUT2D eigenvalue weighted by Gasteiger charge is -2.29. The van der Waals surface area contributed by atoms with Crippen LogP contribution in [-0.2, 0) is 9.59 Å². The highest BCUT2D eigenvalue weighted by atomic mass is 16.2. The maximum atomic E-state index is 12.0. The van der Waals surface area contributed by atoms with E-state index in [0.29, 0.717) is 12.1 Å². The van der Waals surface area contributed by atoms with Crippen molar-refractivity contribution in [2.75, 3.05) is 18.1 Å². The standard InChI is InChI=1S/C13H16N4O3/c1-17-10(18)6-5-9(13(17)20)16-8-4-2-3-7(11(8)14)12(15)19/h2-4,9,16H,5-6,14H2,1H3,(H2,15,19). The molecule has 7 heteroatoms. The van der Waals surface area contributed by atoms with Crippen molar-refractivity contribution >= 4 is 29.1 Å². The summed E-state index contributed by atoms with van der Waals surface area (Å²) in [6.45, 7) is 0. The predicted molar refractivity (Wildman–Crippen MR) is 73.8 cm³/mol. The number of carbonyl (C=O) groups is 3. The lowest BCUT2D eigenvalue weighted by atomic mass is 10.0. The molecule has 0 radical (unpaired) electrons. The Labute approximate surface area is 115 Å². The molecule has 1 saturated heterocycles. The number of nitrogen functional groups attached to an aromatic ring is 1. The van der Waals surface area contributed by atoms with Crippen LogP contribution in [0.2, 0.25) is 0 Å². The Morgan fingerprint density at radius 3 is 2.75 bits per heavy atom.